The van der Waals surface area contributed by atoms with Gasteiger partial charge >= 0.3 is 105 Å². The summed E-state index contributed by atoms with van der Waals surface area (Å²) >= 11 is -11.5. The average Bonchev–Trinajstić information content (AvgIpc) is 1.14. The van der Waals surface area contributed by atoms with Crippen LogP contribution in [0.3, 0.4) is 0 Å². The third kappa shape index (κ3) is 18.6. The van der Waals surface area contributed by atoms with E-state index in [-0.39, 0.29) is 58.8 Å². The zero-order valence-corrected chi connectivity index (χ0v) is 6.30. The summed E-state index contributed by atoms with van der Waals surface area (Å²) in [6.07, 6.45) is 0. The van der Waals surface area contributed by atoms with Crippen molar-refractivity contribution in [1.29, 1.82) is 0 Å². The van der Waals surface area contributed by atoms with E-state index in [1.54, 1.807) is 0 Å². The van der Waals surface area contributed by atoms with Crippen LogP contribution in [0.4, 0.5) is 0 Å². The third-order valence-corrected chi connectivity index (χ3v) is 2.92. The summed E-state index contributed by atoms with van der Waals surface area (Å²) in [5.41, 5.74) is 0. The van der Waals surface area contributed by atoms with E-state index in [1.165, 1.54) is 0 Å². The fraction of sp³-hybridized carbons (Fsp3) is 1.00. The Hall–Kier alpha value is 1.78. The fourth-order valence-electron chi connectivity index (χ4n) is 0.109. The zero-order chi connectivity index (χ0) is 7.71. The van der Waals surface area contributed by atoms with Gasteiger partial charge in [0.2, 0.25) is 0 Å². The quantitative estimate of drug-likeness (QED) is 0.577. The Morgan fingerprint density at radius 1 is 0.909 bits per heavy atom. The first-order valence-electron chi connectivity index (χ1n) is 1.37. The van der Waals surface area contributed by atoms with Gasteiger partial charge in [-0.25, -0.2) is 0 Å². The van der Waals surface area contributed by atoms with Gasteiger partial charge in [0, 0.05) is 0 Å². The molecule has 0 atom stereocenters. The molecule has 0 aromatic carbocycles. The molecule has 0 aliphatic rings. The first kappa shape index (κ1) is 18.5. The molecule has 0 amide bonds. The molecule has 0 aromatic rings. The first-order chi connectivity index (χ1) is 3.71. The van der Waals surface area contributed by atoms with Crippen LogP contribution < -0.4 is 0 Å². The van der Waals surface area contributed by atoms with Crippen LogP contribution in [-0.2, 0) is 45.3 Å². The van der Waals surface area contributed by atoms with Crippen molar-refractivity contribution in [3.8, 4) is 0 Å². The van der Waals surface area contributed by atoms with E-state index in [0.717, 1.165) is 0 Å². The molecular weight excluding hydrogens is 267 g/mol. The molecule has 0 radical (unpaired) electrons. The van der Waals surface area contributed by atoms with Gasteiger partial charge in [-0.1, -0.05) is 7.43 Å². The molecule has 0 bridgehead atoms. The Labute approximate surface area is 110 Å². The van der Waals surface area contributed by atoms with Crippen molar-refractivity contribution < 1.29 is 53.6 Å². The van der Waals surface area contributed by atoms with E-state index in [0.29, 0.717) is 0 Å². The van der Waals surface area contributed by atoms with Crippen molar-refractivity contribution in [3.63, 3.8) is 0 Å². The molecule has 0 aliphatic carbocycles. The van der Waals surface area contributed by atoms with Crippen molar-refractivity contribution in [3.05, 3.63) is 0 Å². The monoisotopic (exact) mass is 274 g/mol. The number of rotatable bonds is 2. The molecule has 10 heteroatoms. The average molecular weight is 274 g/mol. The van der Waals surface area contributed by atoms with Gasteiger partial charge in [-0.05, 0) is 0 Å². The fourth-order valence-corrected chi connectivity index (χ4v) is 1.85. The minimum absolute atomic E-state index is 0. The van der Waals surface area contributed by atoms with E-state index in [9.17, 15) is 15.2 Å². The van der Waals surface area contributed by atoms with Crippen LogP contribution in [0, 0.1) is 0 Å². The first-order valence-corrected chi connectivity index (χ1v) is 5.63. The molecule has 11 heavy (non-hydrogen) atoms. The molecular formula is CH7Cr2KO7. The molecule has 0 rings (SSSR count). The molecule has 2 N–H and O–H groups in total. The van der Waals surface area contributed by atoms with E-state index in [4.69, 9.17) is 8.32 Å². The normalized spacial score (nSPS) is 11.1. The van der Waals surface area contributed by atoms with Gasteiger partial charge in [0.25, 0.3) is 0 Å². The van der Waals surface area contributed by atoms with Crippen LogP contribution in [0.25, 0.3) is 0 Å². The van der Waals surface area contributed by atoms with Gasteiger partial charge in [0.05, 0.1) is 0 Å². The Morgan fingerprint density at radius 3 is 1.09 bits per heavy atom. The standard InChI is InChI=1S/CH4.2Cr.K.2H2O.5O.H/h1H4;;;;2*1H2;;;;;;/q;2*+1;;;;;;;;;/p-2. The SMILES string of the molecule is C.[KH].[O]=[Cr](=[O])([OH])[O][Cr](=[O])(=[O])[OH]. The summed E-state index contributed by atoms with van der Waals surface area (Å²) < 4.78 is 56.3. The third-order valence-electron chi connectivity index (χ3n) is 0.172. The summed E-state index contributed by atoms with van der Waals surface area (Å²) in [6.45, 7) is 0. The zero-order valence-electron chi connectivity index (χ0n) is 3.75. The Kier molecular flexibility index (Phi) is 10.6. The van der Waals surface area contributed by atoms with Crippen LogP contribution >= 0.6 is 0 Å². The van der Waals surface area contributed by atoms with Crippen LogP contribution in [0.1, 0.15) is 7.43 Å². The Balaban J connectivity index is -0.000000320. The van der Waals surface area contributed by atoms with E-state index in [1.807, 2.05) is 0 Å². The molecule has 0 unspecified atom stereocenters. The second-order valence-corrected chi connectivity index (χ2v) is 4.68. The Bertz CT molecular complexity index is 242. The second-order valence-electron chi connectivity index (χ2n) is 0.924. The maximum absolute atomic E-state index is 9.53. The topological polar surface area (TPSA) is 118 Å². The van der Waals surface area contributed by atoms with Crippen molar-refractivity contribution in [2.45, 2.75) is 7.43 Å². The van der Waals surface area contributed by atoms with E-state index < -0.39 is 27.2 Å². The molecule has 0 spiro atoms. The predicted molar refractivity (Wildman–Crippen MR) is 22.1 cm³/mol. The summed E-state index contributed by atoms with van der Waals surface area (Å²) in [5.74, 6) is 0. The predicted octanol–water partition coefficient (Wildman–Crippen LogP) is -1.68. The van der Waals surface area contributed by atoms with E-state index >= 15 is 0 Å². The minimum atomic E-state index is -5.76. The number of hydrogen-bond acceptors (Lipinski definition) is 5. The maximum atomic E-state index is 9.53. The van der Waals surface area contributed by atoms with Gasteiger partial charge < -0.3 is 0 Å². The molecule has 0 aliphatic heterocycles. The van der Waals surface area contributed by atoms with Gasteiger partial charge in [-0.3, -0.25) is 0 Å². The summed E-state index contributed by atoms with van der Waals surface area (Å²) in [7, 11) is 0. The molecule has 0 fully saturated rings. The summed E-state index contributed by atoms with van der Waals surface area (Å²) in [6, 6.07) is 0. The second kappa shape index (κ2) is 6.27. The van der Waals surface area contributed by atoms with Gasteiger partial charge in [0.1, 0.15) is 0 Å². The van der Waals surface area contributed by atoms with Crippen LogP contribution in [0.5, 0.6) is 0 Å². The summed E-state index contributed by atoms with van der Waals surface area (Å²) in [4.78, 5) is 0. The summed E-state index contributed by atoms with van der Waals surface area (Å²) in [5, 5.41) is 0. The van der Waals surface area contributed by atoms with Crippen LogP contribution in [0.15, 0.2) is 0 Å². The van der Waals surface area contributed by atoms with Crippen LogP contribution in [0.2, 0.25) is 0 Å². The van der Waals surface area contributed by atoms with Crippen molar-refractivity contribution in [2.24, 2.45) is 0 Å². The van der Waals surface area contributed by atoms with Gasteiger partial charge in [-0.2, -0.15) is 0 Å². The van der Waals surface area contributed by atoms with Crippen LogP contribution in [-0.4, -0.2) is 59.7 Å². The van der Waals surface area contributed by atoms with Crippen molar-refractivity contribution in [1.82, 2.24) is 0 Å². The van der Waals surface area contributed by atoms with Crippen molar-refractivity contribution in [2.75, 3.05) is 0 Å². The van der Waals surface area contributed by atoms with Crippen molar-refractivity contribution >= 4 is 51.4 Å². The molecule has 0 saturated carbocycles. The molecule has 0 aromatic heterocycles. The van der Waals surface area contributed by atoms with E-state index in [2.05, 4.69) is 2.84 Å². The Morgan fingerprint density at radius 2 is 1.09 bits per heavy atom. The number of hydrogen-bond donors (Lipinski definition) is 2. The molecule has 66 valence electrons. The van der Waals surface area contributed by atoms with Gasteiger partial charge in [-0.15, -0.1) is 0 Å². The molecule has 7 nitrogen and oxygen atoms in total. The molecule has 0 heterocycles. The molecule has 0 saturated heterocycles. The van der Waals surface area contributed by atoms with Gasteiger partial charge in [0.15, 0.2) is 0 Å².